The lowest BCUT2D eigenvalue weighted by Crippen LogP contribution is -2.30. The standard InChI is InChI=1S/C15H21N5O6/c1-6(2)12(24)18-15-17-11-9(13(25)19-15)16-5-20(11)14-10(23)7(3-21)8(4-22)26-14/h5-8,10,14,21-23H,3-4H2,1-2H3,(H2,17,18,19,24,25)/t7-,8?,10-,14?/m0/s1. The Kier molecular flexibility index (Phi) is 5.05. The molecule has 11 nitrogen and oxygen atoms in total. The summed E-state index contributed by atoms with van der Waals surface area (Å²) in [5.74, 6) is -1.37. The number of H-pyrrole nitrogens is 1. The molecule has 2 unspecified atom stereocenters. The van der Waals surface area contributed by atoms with Crippen molar-refractivity contribution in [1.29, 1.82) is 0 Å². The van der Waals surface area contributed by atoms with E-state index in [-0.39, 0.29) is 42.2 Å². The number of imidazole rings is 1. The van der Waals surface area contributed by atoms with Crippen molar-refractivity contribution < 1.29 is 24.9 Å². The molecule has 1 saturated heterocycles. The molecule has 0 aromatic carbocycles. The highest BCUT2D eigenvalue weighted by atomic mass is 16.5. The zero-order valence-corrected chi connectivity index (χ0v) is 14.3. The zero-order valence-electron chi connectivity index (χ0n) is 14.3. The highest BCUT2D eigenvalue weighted by Crippen LogP contribution is 2.34. The molecule has 1 aliphatic rings. The molecule has 142 valence electrons. The Bertz CT molecular complexity index is 862. The summed E-state index contributed by atoms with van der Waals surface area (Å²) in [6.07, 6.45) is -1.61. The molecule has 2 aromatic rings. The lowest BCUT2D eigenvalue weighted by molar-refractivity contribution is -0.118. The van der Waals surface area contributed by atoms with Crippen LogP contribution in [0.1, 0.15) is 20.1 Å². The van der Waals surface area contributed by atoms with Crippen LogP contribution in [0.15, 0.2) is 11.1 Å². The minimum Gasteiger partial charge on any atom is -0.396 e. The number of hydrogen-bond donors (Lipinski definition) is 5. The van der Waals surface area contributed by atoms with Crippen molar-refractivity contribution in [1.82, 2.24) is 19.5 Å². The van der Waals surface area contributed by atoms with Crippen LogP contribution in [0.5, 0.6) is 0 Å². The number of ether oxygens (including phenoxy) is 1. The molecule has 3 rings (SSSR count). The maximum absolute atomic E-state index is 12.2. The summed E-state index contributed by atoms with van der Waals surface area (Å²) in [6.45, 7) is 2.64. The quantitative estimate of drug-likeness (QED) is 0.430. The average molecular weight is 367 g/mol. The zero-order chi connectivity index (χ0) is 19.0. The van der Waals surface area contributed by atoms with Gasteiger partial charge in [0.1, 0.15) is 6.10 Å². The first-order valence-electron chi connectivity index (χ1n) is 8.20. The summed E-state index contributed by atoms with van der Waals surface area (Å²) in [6, 6.07) is 0. The molecule has 4 atom stereocenters. The third-order valence-corrected chi connectivity index (χ3v) is 4.39. The van der Waals surface area contributed by atoms with E-state index < -0.39 is 29.9 Å². The van der Waals surface area contributed by atoms with Crippen LogP contribution in [-0.2, 0) is 9.53 Å². The molecule has 26 heavy (non-hydrogen) atoms. The number of nitrogens with one attached hydrogen (secondary N) is 2. The van der Waals surface area contributed by atoms with Crippen molar-refractivity contribution in [3.8, 4) is 0 Å². The van der Waals surface area contributed by atoms with Gasteiger partial charge in [0.15, 0.2) is 17.4 Å². The van der Waals surface area contributed by atoms with Gasteiger partial charge in [0.2, 0.25) is 11.9 Å². The van der Waals surface area contributed by atoms with Gasteiger partial charge in [-0.3, -0.25) is 24.5 Å². The second kappa shape index (κ2) is 7.11. The first-order chi connectivity index (χ1) is 12.4. The fourth-order valence-electron chi connectivity index (χ4n) is 2.86. The number of nitrogens with zero attached hydrogens (tertiary/aromatic N) is 3. The molecule has 0 spiro atoms. The van der Waals surface area contributed by atoms with E-state index in [1.807, 2.05) is 0 Å². The molecule has 1 fully saturated rings. The molecule has 0 radical (unpaired) electrons. The van der Waals surface area contributed by atoms with Gasteiger partial charge in [-0.05, 0) is 0 Å². The number of rotatable bonds is 5. The van der Waals surface area contributed by atoms with E-state index in [0.29, 0.717) is 0 Å². The topological polar surface area (TPSA) is 163 Å². The highest BCUT2D eigenvalue weighted by Gasteiger charge is 2.44. The van der Waals surface area contributed by atoms with Crippen LogP contribution >= 0.6 is 0 Å². The molecule has 1 aliphatic heterocycles. The van der Waals surface area contributed by atoms with Crippen LogP contribution in [0.25, 0.3) is 11.2 Å². The summed E-state index contributed by atoms with van der Waals surface area (Å²) >= 11 is 0. The van der Waals surface area contributed by atoms with Gasteiger partial charge in [-0.1, -0.05) is 13.8 Å². The number of aliphatic hydroxyl groups is 3. The molecule has 3 heterocycles. The summed E-state index contributed by atoms with van der Waals surface area (Å²) in [7, 11) is 0. The number of carbonyl (C=O) groups excluding carboxylic acids is 1. The van der Waals surface area contributed by atoms with Gasteiger partial charge < -0.3 is 20.1 Å². The molecule has 0 saturated carbocycles. The van der Waals surface area contributed by atoms with Crippen molar-refractivity contribution in [3.63, 3.8) is 0 Å². The number of amides is 1. The van der Waals surface area contributed by atoms with Crippen LogP contribution in [0.3, 0.4) is 0 Å². The molecular formula is C15H21N5O6. The molecule has 1 amide bonds. The summed E-state index contributed by atoms with van der Waals surface area (Å²) in [5, 5.41) is 31.7. The third kappa shape index (κ3) is 3.09. The van der Waals surface area contributed by atoms with Gasteiger partial charge in [0, 0.05) is 11.8 Å². The van der Waals surface area contributed by atoms with Gasteiger partial charge in [-0.2, -0.15) is 4.98 Å². The van der Waals surface area contributed by atoms with Crippen molar-refractivity contribution in [2.24, 2.45) is 11.8 Å². The largest absolute Gasteiger partial charge is 0.396 e. The van der Waals surface area contributed by atoms with E-state index >= 15 is 0 Å². The fourth-order valence-corrected chi connectivity index (χ4v) is 2.86. The predicted molar refractivity (Wildman–Crippen MR) is 89.2 cm³/mol. The van der Waals surface area contributed by atoms with Crippen molar-refractivity contribution in [2.45, 2.75) is 32.3 Å². The summed E-state index contributed by atoms with van der Waals surface area (Å²) < 4.78 is 6.95. The second-order valence-electron chi connectivity index (χ2n) is 6.47. The molecule has 5 N–H and O–H groups in total. The van der Waals surface area contributed by atoms with E-state index in [0.717, 1.165) is 0 Å². The smallest absolute Gasteiger partial charge is 0.280 e. The minimum absolute atomic E-state index is 0.0105. The van der Waals surface area contributed by atoms with Crippen LogP contribution in [-0.4, -0.2) is 66.2 Å². The Labute approximate surface area is 147 Å². The van der Waals surface area contributed by atoms with Gasteiger partial charge in [0.25, 0.3) is 5.56 Å². The average Bonchev–Trinajstić information content (AvgIpc) is 3.15. The van der Waals surface area contributed by atoms with Gasteiger partial charge in [0.05, 0.1) is 25.6 Å². The third-order valence-electron chi connectivity index (χ3n) is 4.39. The molecular weight excluding hydrogens is 346 g/mol. The van der Waals surface area contributed by atoms with Crippen LogP contribution in [0.2, 0.25) is 0 Å². The Morgan fingerprint density at radius 1 is 1.42 bits per heavy atom. The fraction of sp³-hybridized carbons (Fsp3) is 0.600. The van der Waals surface area contributed by atoms with Gasteiger partial charge in [-0.25, -0.2) is 4.98 Å². The number of aromatic amines is 1. The van der Waals surface area contributed by atoms with Crippen LogP contribution < -0.4 is 10.9 Å². The van der Waals surface area contributed by atoms with E-state index in [2.05, 4.69) is 20.3 Å². The first kappa shape index (κ1) is 18.5. The normalized spacial score (nSPS) is 25.9. The predicted octanol–water partition coefficient (Wildman–Crippen LogP) is -1.43. The number of anilines is 1. The Hall–Kier alpha value is -2.34. The van der Waals surface area contributed by atoms with Crippen molar-refractivity contribution in [3.05, 3.63) is 16.7 Å². The lowest BCUT2D eigenvalue weighted by Gasteiger charge is -2.17. The Morgan fingerprint density at radius 2 is 2.15 bits per heavy atom. The van der Waals surface area contributed by atoms with Crippen molar-refractivity contribution >= 4 is 23.0 Å². The lowest BCUT2D eigenvalue weighted by atomic mass is 9.99. The van der Waals surface area contributed by atoms with E-state index in [4.69, 9.17) is 4.74 Å². The van der Waals surface area contributed by atoms with E-state index in [1.165, 1.54) is 10.9 Å². The first-order valence-corrected chi connectivity index (χ1v) is 8.20. The van der Waals surface area contributed by atoms with Gasteiger partial charge >= 0.3 is 0 Å². The van der Waals surface area contributed by atoms with E-state index in [9.17, 15) is 24.9 Å². The van der Waals surface area contributed by atoms with Crippen molar-refractivity contribution in [2.75, 3.05) is 18.5 Å². The van der Waals surface area contributed by atoms with E-state index in [1.54, 1.807) is 13.8 Å². The van der Waals surface area contributed by atoms with Crippen LogP contribution in [0, 0.1) is 11.8 Å². The minimum atomic E-state index is -1.13. The molecule has 2 aromatic heterocycles. The Balaban J connectivity index is 2.01. The molecule has 0 bridgehead atoms. The maximum Gasteiger partial charge on any atom is 0.280 e. The molecule has 11 heteroatoms. The van der Waals surface area contributed by atoms with Gasteiger partial charge in [-0.15, -0.1) is 0 Å². The number of hydrogen-bond acceptors (Lipinski definition) is 8. The highest BCUT2D eigenvalue weighted by molar-refractivity contribution is 5.91. The summed E-state index contributed by atoms with van der Waals surface area (Å²) in [4.78, 5) is 34.6. The monoisotopic (exact) mass is 367 g/mol. The number of fused-ring (bicyclic) bond motifs is 1. The summed E-state index contributed by atoms with van der Waals surface area (Å²) in [5.41, 5.74) is -0.443. The SMILES string of the molecule is CC(C)C(=O)Nc1nc2c(ncn2C2OC(CO)[C@H](CO)[C@@H]2O)c(=O)[nH]1. The number of aliphatic hydroxyl groups excluding tert-OH is 3. The Morgan fingerprint density at radius 3 is 2.73 bits per heavy atom. The molecule has 0 aliphatic carbocycles. The van der Waals surface area contributed by atoms with Crippen LogP contribution in [0.4, 0.5) is 5.95 Å². The number of aromatic nitrogens is 4. The second-order valence-corrected chi connectivity index (χ2v) is 6.47. The number of carbonyl (C=O) groups is 1. The maximum atomic E-state index is 12.2.